The average molecular weight is 493 g/mol. The van der Waals surface area contributed by atoms with Gasteiger partial charge in [-0.1, -0.05) is 63.5 Å². The molecule has 6 nitrogen and oxygen atoms in total. The van der Waals surface area contributed by atoms with Gasteiger partial charge in [0.05, 0.1) is 25.6 Å². The first-order chi connectivity index (χ1) is 17.6. The van der Waals surface area contributed by atoms with Gasteiger partial charge < -0.3 is 20.1 Å². The van der Waals surface area contributed by atoms with Crippen molar-refractivity contribution < 1.29 is 19.1 Å². The maximum absolute atomic E-state index is 12.5. The molecule has 2 saturated carbocycles. The summed E-state index contributed by atoms with van der Waals surface area (Å²) in [4.78, 5) is 25.0. The highest BCUT2D eigenvalue weighted by Crippen LogP contribution is 2.36. The lowest BCUT2D eigenvalue weighted by Gasteiger charge is -2.15. The fourth-order valence-corrected chi connectivity index (χ4v) is 5.64. The van der Waals surface area contributed by atoms with Crippen LogP contribution < -0.4 is 20.1 Å². The predicted octanol–water partition coefficient (Wildman–Crippen LogP) is 7.19. The summed E-state index contributed by atoms with van der Waals surface area (Å²) in [7, 11) is 3.22. The normalized spacial score (nSPS) is 16.2. The van der Waals surface area contributed by atoms with Gasteiger partial charge in [0.1, 0.15) is 11.5 Å². The third-order valence-corrected chi connectivity index (χ3v) is 7.79. The Morgan fingerprint density at radius 3 is 1.44 bits per heavy atom. The predicted molar refractivity (Wildman–Crippen MR) is 145 cm³/mol. The van der Waals surface area contributed by atoms with E-state index in [4.69, 9.17) is 9.47 Å². The summed E-state index contributed by atoms with van der Waals surface area (Å²) in [5, 5.41) is 6.03. The number of ether oxygens (including phenoxy) is 2. The Balaban J connectivity index is 1.38. The molecule has 4 rings (SSSR count). The lowest BCUT2D eigenvalue weighted by molar-refractivity contribution is -0.117. The number of methoxy groups -OCH3 is 2. The van der Waals surface area contributed by atoms with Crippen molar-refractivity contribution in [3.05, 3.63) is 36.4 Å². The van der Waals surface area contributed by atoms with Crippen LogP contribution in [0.5, 0.6) is 11.5 Å². The van der Waals surface area contributed by atoms with Crippen molar-refractivity contribution in [2.45, 2.75) is 77.0 Å². The van der Waals surface area contributed by atoms with Crippen LogP contribution in [0.3, 0.4) is 0 Å². The van der Waals surface area contributed by atoms with E-state index in [1.165, 1.54) is 51.4 Å². The summed E-state index contributed by atoms with van der Waals surface area (Å²) in [6.07, 6.45) is 13.2. The van der Waals surface area contributed by atoms with Crippen molar-refractivity contribution in [2.75, 3.05) is 24.9 Å². The summed E-state index contributed by atoms with van der Waals surface area (Å²) >= 11 is 0. The minimum Gasteiger partial charge on any atom is -0.495 e. The molecule has 0 unspecified atom stereocenters. The lowest BCUT2D eigenvalue weighted by Crippen LogP contribution is -2.13. The number of carbonyl (C=O) groups excluding carboxylic acids is 2. The second kappa shape index (κ2) is 12.8. The van der Waals surface area contributed by atoms with Crippen LogP contribution in [-0.2, 0) is 9.59 Å². The molecule has 0 bridgehead atoms. The monoisotopic (exact) mass is 492 g/mol. The number of hydrogen-bond acceptors (Lipinski definition) is 4. The minimum atomic E-state index is 0.0302. The van der Waals surface area contributed by atoms with Crippen LogP contribution in [0, 0.1) is 11.8 Å². The van der Waals surface area contributed by atoms with Gasteiger partial charge >= 0.3 is 0 Å². The Bertz CT molecular complexity index is 956. The van der Waals surface area contributed by atoms with Gasteiger partial charge in [0.15, 0.2) is 0 Å². The molecule has 0 saturated heterocycles. The highest BCUT2D eigenvalue weighted by Gasteiger charge is 2.18. The molecule has 2 aromatic rings. The van der Waals surface area contributed by atoms with Gasteiger partial charge in [0.2, 0.25) is 11.8 Å². The standard InChI is InChI=1S/C30H40N2O4/c1-35-27-19-23(13-15-25(27)31-29(33)17-11-21-7-3-4-8-21)24-14-16-26(28(20-24)36-2)32-30(34)18-12-22-9-5-6-10-22/h13-16,19-22H,3-12,17-18H2,1-2H3,(H,31,33)(H,32,34). The number of nitrogens with one attached hydrogen (secondary N) is 2. The molecule has 0 aromatic heterocycles. The summed E-state index contributed by atoms with van der Waals surface area (Å²) in [6.45, 7) is 0. The Hall–Kier alpha value is -3.02. The number of benzene rings is 2. The number of carbonyl (C=O) groups is 2. The zero-order valence-corrected chi connectivity index (χ0v) is 21.7. The van der Waals surface area contributed by atoms with E-state index in [0.717, 1.165) is 24.0 Å². The van der Waals surface area contributed by atoms with E-state index in [-0.39, 0.29) is 11.8 Å². The third kappa shape index (κ3) is 7.02. The van der Waals surface area contributed by atoms with E-state index in [1.807, 2.05) is 36.4 Å². The van der Waals surface area contributed by atoms with E-state index >= 15 is 0 Å². The SMILES string of the molecule is COc1cc(-c2ccc(NC(=O)CCC3CCCC3)c(OC)c2)ccc1NC(=O)CCC1CCCC1. The van der Waals surface area contributed by atoms with Crippen LogP contribution in [0.4, 0.5) is 11.4 Å². The quantitative estimate of drug-likeness (QED) is 0.348. The molecular formula is C30H40N2O4. The van der Waals surface area contributed by atoms with Crippen molar-refractivity contribution >= 4 is 23.2 Å². The summed E-state index contributed by atoms with van der Waals surface area (Å²) < 4.78 is 11.2. The molecule has 2 fully saturated rings. The number of amides is 2. The van der Waals surface area contributed by atoms with Gasteiger partial charge in [-0.2, -0.15) is 0 Å². The third-order valence-electron chi connectivity index (χ3n) is 7.79. The Kier molecular flexibility index (Phi) is 9.26. The van der Waals surface area contributed by atoms with E-state index in [1.54, 1.807) is 14.2 Å². The van der Waals surface area contributed by atoms with E-state index < -0.39 is 0 Å². The van der Waals surface area contributed by atoms with Crippen LogP contribution >= 0.6 is 0 Å². The molecule has 2 aliphatic carbocycles. The van der Waals surface area contributed by atoms with E-state index in [0.29, 0.717) is 47.6 Å². The molecule has 2 N–H and O–H groups in total. The number of rotatable bonds is 11. The summed E-state index contributed by atoms with van der Waals surface area (Å²) in [6, 6.07) is 11.5. The fraction of sp³-hybridized carbons (Fsp3) is 0.533. The zero-order valence-electron chi connectivity index (χ0n) is 21.7. The van der Waals surface area contributed by atoms with Gasteiger partial charge in [-0.3, -0.25) is 9.59 Å². The van der Waals surface area contributed by atoms with Gasteiger partial charge in [-0.15, -0.1) is 0 Å². The number of anilines is 2. The molecule has 2 aliphatic rings. The second-order valence-electron chi connectivity index (χ2n) is 10.3. The second-order valence-corrected chi connectivity index (χ2v) is 10.3. The average Bonchev–Trinajstić information content (AvgIpc) is 3.61. The van der Waals surface area contributed by atoms with Crippen molar-refractivity contribution in [1.29, 1.82) is 0 Å². The van der Waals surface area contributed by atoms with Crippen LogP contribution in [0.15, 0.2) is 36.4 Å². The van der Waals surface area contributed by atoms with Crippen LogP contribution in [0.25, 0.3) is 11.1 Å². The molecule has 0 aliphatic heterocycles. The molecule has 36 heavy (non-hydrogen) atoms. The Morgan fingerprint density at radius 2 is 1.08 bits per heavy atom. The number of hydrogen-bond donors (Lipinski definition) is 2. The summed E-state index contributed by atoms with van der Waals surface area (Å²) in [5.74, 6) is 2.67. The van der Waals surface area contributed by atoms with Crippen LogP contribution in [0.1, 0.15) is 77.0 Å². The van der Waals surface area contributed by atoms with Gasteiger partial charge in [-0.05, 0) is 60.1 Å². The van der Waals surface area contributed by atoms with Crippen molar-refractivity contribution in [2.24, 2.45) is 11.8 Å². The maximum atomic E-state index is 12.5. The molecule has 0 atom stereocenters. The molecule has 0 heterocycles. The lowest BCUT2D eigenvalue weighted by atomic mass is 10.0. The fourth-order valence-electron chi connectivity index (χ4n) is 5.64. The molecule has 6 heteroatoms. The topological polar surface area (TPSA) is 76.7 Å². The highest BCUT2D eigenvalue weighted by atomic mass is 16.5. The molecule has 194 valence electrons. The first kappa shape index (κ1) is 26.1. The molecule has 2 amide bonds. The van der Waals surface area contributed by atoms with Gasteiger partial charge in [-0.25, -0.2) is 0 Å². The summed E-state index contributed by atoms with van der Waals surface area (Å²) in [5.41, 5.74) is 3.23. The Labute approximate surface area is 215 Å². The molecule has 0 radical (unpaired) electrons. The molecule has 0 spiro atoms. The smallest absolute Gasteiger partial charge is 0.224 e. The van der Waals surface area contributed by atoms with Gasteiger partial charge in [0, 0.05) is 12.8 Å². The van der Waals surface area contributed by atoms with Crippen molar-refractivity contribution in [3.8, 4) is 22.6 Å². The largest absolute Gasteiger partial charge is 0.495 e. The van der Waals surface area contributed by atoms with Crippen LogP contribution in [-0.4, -0.2) is 26.0 Å². The minimum absolute atomic E-state index is 0.0302. The first-order valence-electron chi connectivity index (χ1n) is 13.5. The maximum Gasteiger partial charge on any atom is 0.224 e. The first-order valence-corrected chi connectivity index (χ1v) is 13.5. The van der Waals surface area contributed by atoms with Gasteiger partial charge in [0.25, 0.3) is 0 Å². The zero-order chi connectivity index (χ0) is 25.3. The highest BCUT2D eigenvalue weighted by molar-refractivity contribution is 5.94. The van der Waals surface area contributed by atoms with E-state index in [9.17, 15) is 9.59 Å². The van der Waals surface area contributed by atoms with E-state index in [2.05, 4.69) is 10.6 Å². The van der Waals surface area contributed by atoms with Crippen LogP contribution in [0.2, 0.25) is 0 Å². The van der Waals surface area contributed by atoms with Crippen molar-refractivity contribution in [1.82, 2.24) is 0 Å². The molecule has 2 aromatic carbocycles. The molecular weight excluding hydrogens is 452 g/mol. The van der Waals surface area contributed by atoms with Crippen molar-refractivity contribution in [3.63, 3.8) is 0 Å². The Morgan fingerprint density at radius 1 is 0.694 bits per heavy atom.